The van der Waals surface area contributed by atoms with Gasteiger partial charge in [0, 0.05) is 5.02 Å². The van der Waals surface area contributed by atoms with E-state index in [9.17, 15) is 0 Å². The second kappa shape index (κ2) is 5.77. The lowest BCUT2D eigenvalue weighted by Gasteiger charge is -2.14. The SMILES string of the molecule is Cc1ccccc1CC(Cl)c1cc(Cl)ccc1C. The summed E-state index contributed by atoms with van der Waals surface area (Å²) in [6.07, 6.45) is 0.829. The van der Waals surface area contributed by atoms with Crippen molar-refractivity contribution in [3.8, 4) is 0 Å². The average Bonchev–Trinajstić information content (AvgIpc) is 2.35. The summed E-state index contributed by atoms with van der Waals surface area (Å²) in [5, 5.41) is 0.704. The molecule has 0 spiro atoms. The topological polar surface area (TPSA) is 0 Å². The van der Waals surface area contributed by atoms with Crippen LogP contribution in [0.15, 0.2) is 42.5 Å². The third kappa shape index (κ3) is 3.07. The van der Waals surface area contributed by atoms with Crippen LogP contribution in [0.4, 0.5) is 0 Å². The number of halogens is 2. The van der Waals surface area contributed by atoms with Crippen LogP contribution in [-0.4, -0.2) is 0 Å². The van der Waals surface area contributed by atoms with Gasteiger partial charge in [0.05, 0.1) is 5.38 Å². The minimum absolute atomic E-state index is 0.0372. The van der Waals surface area contributed by atoms with E-state index < -0.39 is 0 Å². The van der Waals surface area contributed by atoms with Gasteiger partial charge in [0.2, 0.25) is 0 Å². The van der Waals surface area contributed by atoms with Crippen LogP contribution in [0.1, 0.15) is 27.6 Å². The number of hydrogen-bond donors (Lipinski definition) is 0. The van der Waals surface area contributed by atoms with Crippen molar-refractivity contribution in [2.24, 2.45) is 0 Å². The van der Waals surface area contributed by atoms with Gasteiger partial charge in [-0.1, -0.05) is 41.9 Å². The fourth-order valence-electron chi connectivity index (χ4n) is 2.09. The highest BCUT2D eigenvalue weighted by atomic mass is 35.5. The van der Waals surface area contributed by atoms with Crippen LogP contribution in [-0.2, 0) is 6.42 Å². The lowest BCUT2D eigenvalue weighted by molar-refractivity contribution is 0.902. The maximum absolute atomic E-state index is 6.53. The maximum Gasteiger partial charge on any atom is 0.0628 e. The Balaban J connectivity index is 2.25. The van der Waals surface area contributed by atoms with Gasteiger partial charge in [0.1, 0.15) is 0 Å². The molecule has 2 rings (SSSR count). The molecule has 0 aliphatic rings. The lowest BCUT2D eigenvalue weighted by atomic mass is 9.98. The van der Waals surface area contributed by atoms with E-state index in [1.54, 1.807) is 0 Å². The predicted octanol–water partition coefficient (Wildman–Crippen LogP) is 5.48. The Bertz CT molecular complexity index is 547. The Morgan fingerprint density at radius 2 is 1.72 bits per heavy atom. The Morgan fingerprint density at radius 3 is 2.44 bits per heavy atom. The average molecular weight is 279 g/mol. The summed E-state index contributed by atoms with van der Waals surface area (Å²) in [5.41, 5.74) is 4.88. The molecular formula is C16H16Cl2. The fourth-order valence-corrected chi connectivity index (χ4v) is 2.67. The van der Waals surface area contributed by atoms with Crippen LogP contribution >= 0.6 is 23.2 Å². The molecule has 0 saturated heterocycles. The molecule has 0 heterocycles. The molecule has 1 unspecified atom stereocenters. The van der Waals surface area contributed by atoms with E-state index in [0.29, 0.717) is 0 Å². The monoisotopic (exact) mass is 278 g/mol. The summed E-state index contributed by atoms with van der Waals surface area (Å²) in [6, 6.07) is 14.2. The van der Waals surface area contributed by atoms with Gasteiger partial charge in [-0.3, -0.25) is 0 Å². The van der Waals surface area contributed by atoms with Crippen LogP contribution in [0.2, 0.25) is 5.02 Å². The second-order valence-electron chi connectivity index (χ2n) is 4.60. The smallest absolute Gasteiger partial charge is 0.0628 e. The van der Waals surface area contributed by atoms with Crippen molar-refractivity contribution in [1.82, 2.24) is 0 Å². The molecule has 0 aromatic heterocycles. The standard InChI is InChI=1S/C16H16Cl2/c1-11-5-3-4-6-13(11)9-16(18)15-10-14(17)8-7-12(15)2/h3-8,10,16H,9H2,1-2H3. The van der Waals surface area contributed by atoms with Gasteiger partial charge in [-0.25, -0.2) is 0 Å². The van der Waals surface area contributed by atoms with E-state index in [1.165, 1.54) is 16.7 Å². The van der Waals surface area contributed by atoms with Crippen LogP contribution in [0.5, 0.6) is 0 Å². The number of benzene rings is 2. The van der Waals surface area contributed by atoms with Gasteiger partial charge in [-0.15, -0.1) is 11.6 Å². The zero-order chi connectivity index (χ0) is 13.1. The highest BCUT2D eigenvalue weighted by molar-refractivity contribution is 6.30. The molecule has 0 amide bonds. The number of aryl methyl sites for hydroxylation is 2. The normalized spacial score (nSPS) is 12.4. The van der Waals surface area contributed by atoms with Crippen molar-refractivity contribution in [2.45, 2.75) is 25.6 Å². The van der Waals surface area contributed by atoms with Gasteiger partial charge in [-0.05, 0) is 54.7 Å². The van der Waals surface area contributed by atoms with Crippen molar-refractivity contribution in [2.75, 3.05) is 0 Å². The molecule has 94 valence electrons. The van der Waals surface area contributed by atoms with Crippen molar-refractivity contribution in [1.29, 1.82) is 0 Å². The van der Waals surface area contributed by atoms with Crippen LogP contribution in [0, 0.1) is 13.8 Å². The summed E-state index contributed by atoms with van der Waals surface area (Å²) >= 11 is 12.6. The summed E-state index contributed by atoms with van der Waals surface area (Å²) in [7, 11) is 0. The van der Waals surface area contributed by atoms with Gasteiger partial charge in [0.15, 0.2) is 0 Å². The van der Waals surface area contributed by atoms with Gasteiger partial charge in [-0.2, -0.15) is 0 Å². The minimum Gasteiger partial charge on any atom is -0.117 e. The molecular weight excluding hydrogens is 263 g/mol. The highest BCUT2D eigenvalue weighted by Gasteiger charge is 2.13. The number of hydrogen-bond acceptors (Lipinski definition) is 0. The molecule has 0 N–H and O–H groups in total. The van der Waals surface area contributed by atoms with E-state index in [0.717, 1.165) is 17.0 Å². The van der Waals surface area contributed by atoms with Gasteiger partial charge < -0.3 is 0 Å². The highest BCUT2D eigenvalue weighted by Crippen LogP contribution is 2.30. The van der Waals surface area contributed by atoms with Crippen molar-refractivity contribution >= 4 is 23.2 Å². The zero-order valence-corrected chi connectivity index (χ0v) is 12.1. The minimum atomic E-state index is -0.0372. The van der Waals surface area contributed by atoms with Gasteiger partial charge in [0.25, 0.3) is 0 Å². The first-order chi connectivity index (χ1) is 8.58. The largest absolute Gasteiger partial charge is 0.117 e. The summed E-state index contributed by atoms with van der Waals surface area (Å²) in [6.45, 7) is 4.18. The Labute approximate surface area is 119 Å². The van der Waals surface area contributed by atoms with E-state index >= 15 is 0 Å². The Kier molecular flexibility index (Phi) is 4.31. The first-order valence-corrected chi connectivity index (χ1v) is 6.84. The molecule has 2 aromatic rings. The molecule has 0 saturated carbocycles. The fraction of sp³-hybridized carbons (Fsp3) is 0.250. The predicted molar refractivity (Wildman–Crippen MR) is 79.7 cm³/mol. The van der Waals surface area contributed by atoms with E-state index in [4.69, 9.17) is 23.2 Å². The summed E-state index contributed by atoms with van der Waals surface area (Å²) in [4.78, 5) is 0. The molecule has 18 heavy (non-hydrogen) atoms. The zero-order valence-electron chi connectivity index (χ0n) is 10.6. The molecule has 0 aliphatic carbocycles. The van der Waals surface area contributed by atoms with Crippen molar-refractivity contribution in [3.05, 3.63) is 69.7 Å². The summed E-state index contributed by atoms with van der Waals surface area (Å²) in [5.74, 6) is 0. The van der Waals surface area contributed by atoms with Gasteiger partial charge >= 0.3 is 0 Å². The van der Waals surface area contributed by atoms with E-state index in [1.807, 2.05) is 24.3 Å². The quantitative estimate of drug-likeness (QED) is 0.653. The molecule has 2 heteroatoms. The van der Waals surface area contributed by atoms with Crippen LogP contribution in [0.3, 0.4) is 0 Å². The van der Waals surface area contributed by atoms with E-state index in [2.05, 4.69) is 32.0 Å². The van der Waals surface area contributed by atoms with Crippen molar-refractivity contribution in [3.63, 3.8) is 0 Å². The summed E-state index contributed by atoms with van der Waals surface area (Å²) < 4.78 is 0. The Morgan fingerprint density at radius 1 is 1.00 bits per heavy atom. The maximum atomic E-state index is 6.53. The second-order valence-corrected chi connectivity index (χ2v) is 5.56. The lowest BCUT2D eigenvalue weighted by Crippen LogP contribution is -2.00. The third-order valence-corrected chi connectivity index (χ3v) is 3.86. The van der Waals surface area contributed by atoms with Crippen molar-refractivity contribution < 1.29 is 0 Å². The Hall–Kier alpha value is -0.980. The van der Waals surface area contributed by atoms with E-state index in [-0.39, 0.29) is 5.38 Å². The van der Waals surface area contributed by atoms with Crippen LogP contribution in [0.25, 0.3) is 0 Å². The van der Waals surface area contributed by atoms with Crippen LogP contribution < -0.4 is 0 Å². The molecule has 1 atom stereocenters. The molecule has 2 aromatic carbocycles. The molecule has 0 fully saturated rings. The third-order valence-electron chi connectivity index (χ3n) is 3.24. The molecule has 0 aliphatic heterocycles. The first-order valence-electron chi connectivity index (χ1n) is 6.02. The first kappa shape index (κ1) is 13.5. The molecule has 0 bridgehead atoms. The number of rotatable bonds is 3. The number of alkyl halides is 1. The molecule has 0 radical (unpaired) electrons. The molecule has 0 nitrogen and oxygen atoms in total.